The third-order valence-electron chi connectivity index (χ3n) is 2.73. The van der Waals surface area contributed by atoms with E-state index in [2.05, 4.69) is 61.6 Å². The molecule has 2 aromatic rings. The largest absolute Gasteiger partial charge is 0.380 e. The third-order valence-corrected chi connectivity index (χ3v) is 4.88. The Labute approximate surface area is 123 Å². The van der Waals surface area contributed by atoms with E-state index in [1.807, 2.05) is 6.20 Å². The van der Waals surface area contributed by atoms with Crippen molar-refractivity contribution in [3.63, 3.8) is 0 Å². The van der Waals surface area contributed by atoms with Gasteiger partial charge in [0.25, 0.3) is 0 Å². The van der Waals surface area contributed by atoms with Gasteiger partial charge in [0.15, 0.2) is 0 Å². The molecular weight excluding hydrogens is 272 g/mol. The molecule has 2 nitrogen and oxygen atoms in total. The van der Waals surface area contributed by atoms with Crippen molar-refractivity contribution in [1.29, 1.82) is 0 Å². The van der Waals surface area contributed by atoms with Gasteiger partial charge in [-0.25, -0.2) is 4.98 Å². The van der Waals surface area contributed by atoms with Crippen LogP contribution in [0.4, 0.5) is 5.69 Å². The SMILES string of the molecule is CSc1cccc(NCc2cnc(C(C)(C)C)s2)c1. The molecule has 0 atom stereocenters. The Kier molecular flexibility index (Phi) is 4.53. The van der Waals surface area contributed by atoms with E-state index in [9.17, 15) is 0 Å². The van der Waals surface area contributed by atoms with Gasteiger partial charge < -0.3 is 5.32 Å². The highest BCUT2D eigenvalue weighted by Crippen LogP contribution is 2.27. The van der Waals surface area contributed by atoms with E-state index < -0.39 is 0 Å². The molecule has 102 valence electrons. The summed E-state index contributed by atoms with van der Waals surface area (Å²) < 4.78 is 0. The van der Waals surface area contributed by atoms with Gasteiger partial charge in [-0.1, -0.05) is 26.8 Å². The average Bonchev–Trinajstić information content (AvgIpc) is 2.85. The molecule has 0 radical (unpaired) electrons. The fourth-order valence-electron chi connectivity index (χ4n) is 1.66. The number of nitrogens with one attached hydrogen (secondary N) is 1. The number of hydrogen-bond donors (Lipinski definition) is 1. The normalized spacial score (nSPS) is 11.6. The number of thioether (sulfide) groups is 1. The predicted molar refractivity (Wildman–Crippen MR) is 86.4 cm³/mol. The zero-order valence-corrected chi connectivity index (χ0v) is 13.5. The molecule has 0 unspecified atom stereocenters. The Morgan fingerprint density at radius 2 is 2.11 bits per heavy atom. The van der Waals surface area contributed by atoms with Crippen LogP contribution in [0.5, 0.6) is 0 Å². The first kappa shape index (κ1) is 14.4. The number of benzene rings is 1. The van der Waals surface area contributed by atoms with Crippen LogP contribution in [-0.4, -0.2) is 11.2 Å². The highest BCUT2D eigenvalue weighted by molar-refractivity contribution is 7.98. The summed E-state index contributed by atoms with van der Waals surface area (Å²) >= 11 is 3.55. The molecule has 1 aromatic heterocycles. The maximum absolute atomic E-state index is 4.51. The van der Waals surface area contributed by atoms with Crippen LogP contribution in [0.25, 0.3) is 0 Å². The Hall–Kier alpha value is -1.000. The Balaban J connectivity index is 2.00. The molecule has 0 bridgehead atoms. The minimum absolute atomic E-state index is 0.141. The first-order valence-corrected chi connectivity index (χ1v) is 8.36. The molecule has 2 rings (SSSR count). The van der Waals surface area contributed by atoms with Gasteiger partial charge >= 0.3 is 0 Å². The van der Waals surface area contributed by atoms with Gasteiger partial charge in [0, 0.05) is 27.1 Å². The van der Waals surface area contributed by atoms with Crippen molar-refractivity contribution in [2.75, 3.05) is 11.6 Å². The molecule has 0 fully saturated rings. The Bertz CT molecular complexity index is 541. The maximum atomic E-state index is 4.51. The van der Waals surface area contributed by atoms with Gasteiger partial charge in [-0.2, -0.15) is 0 Å². The van der Waals surface area contributed by atoms with Gasteiger partial charge in [-0.15, -0.1) is 23.1 Å². The topological polar surface area (TPSA) is 24.9 Å². The lowest BCUT2D eigenvalue weighted by Gasteiger charge is -2.13. The second kappa shape index (κ2) is 5.97. The zero-order valence-electron chi connectivity index (χ0n) is 11.9. The number of rotatable bonds is 4. The molecule has 19 heavy (non-hydrogen) atoms. The third kappa shape index (κ3) is 3.98. The number of anilines is 1. The van der Waals surface area contributed by atoms with Crippen molar-refractivity contribution in [3.8, 4) is 0 Å². The first-order chi connectivity index (χ1) is 8.99. The lowest BCUT2D eigenvalue weighted by Crippen LogP contribution is -2.09. The van der Waals surface area contributed by atoms with Crippen molar-refractivity contribution >= 4 is 28.8 Å². The van der Waals surface area contributed by atoms with Crippen LogP contribution in [0, 0.1) is 0 Å². The van der Waals surface area contributed by atoms with Crippen LogP contribution in [0.1, 0.15) is 30.7 Å². The van der Waals surface area contributed by atoms with E-state index in [0.29, 0.717) is 0 Å². The van der Waals surface area contributed by atoms with Gasteiger partial charge in [0.05, 0.1) is 11.6 Å². The quantitative estimate of drug-likeness (QED) is 0.821. The second-order valence-corrected chi connectivity index (χ2v) is 7.46. The van der Waals surface area contributed by atoms with Crippen molar-refractivity contribution in [3.05, 3.63) is 40.3 Å². The van der Waals surface area contributed by atoms with E-state index >= 15 is 0 Å². The van der Waals surface area contributed by atoms with Gasteiger partial charge in [0.1, 0.15) is 0 Å². The standard InChI is InChI=1S/C15H20N2S2/c1-15(2,3)14-17-10-13(19-14)9-16-11-6-5-7-12(8-11)18-4/h5-8,10,16H,9H2,1-4H3. The Morgan fingerprint density at radius 1 is 1.32 bits per heavy atom. The fourth-order valence-corrected chi connectivity index (χ4v) is 3.03. The predicted octanol–water partition coefficient (Wildman–Crippen LogP) is 4.77. The molecular formula is C15H20N2S2. The summed E-state index contributed by atoms with van der Waals surface area (Å²) in [4.78, 5) is 7.07. The summed E-state index contributed by atoms with van der Waals surface area (Å²) in [6.45, 7) is 7.44. The summed E-state index contributed by atoms with van der Waals surface area (Å²) in [5.41, 5.74) is 1.30. The summed E-state index contributed by atoms with van der Waals surface area (Å²) in [5.74, 6) is 0. The highest BCUT2D eigenvalue weighted by Gasteiger charge is 2.17. The van der Waals surface area contributed by atoms with Gasteiger partial charge in [0.2, 0.25) is 0 Å². The van der Waals surface area contributed by atoms with Crippen LogP contribution in [-0.2, 0) is 12.0 Å². The molecule has 0 aliphatic rings. The van der Waals surface area contributed by atoms with Crippen molar-refractivity contribution in [1.82, 2.24) is 4.98 Å². The van der Waals surface area contributed by atoms with Crippen LogP contribution in [0.3, 0.4) is 0 Å². The maximum Gasteiger partial charge on any atom is 0.0981 e. The van der Waals surface area contributed by atoms with E-state index in [-0.39, 0.29) is 5.41 Å². The van der Waals surface area contributed by atoms with E-state index in [1.165, 1.54) is 14.8 Å². The molecule has 1 aromatic carbocycles. The molecule has 0 aliphatic carbocycles. The van der Waals surface area contributed by atoms with Crippen molar-refractivity contribution < 1.29 is 0 Å². The minimum atomic E-state index is 0.141. The summed E-state index contributed by atoms with van der Waals surface area (Å²) in [6, 6.07) is 8.49. The van der Waals surface area contributed by atoms with Gasteiger partial charge in [-0.3, -0.25) is 0 Å². The lowest BCUT2D eigenvalue weighted by molar-refractivity contribution is 0.585. The van der Waals surface area contributed by atoms with E-state index in [0.717, 1.165) is 12.2 Å². The first-order valence-electron chi connectivity index (χ1n) is 6.32. The molecule has 1 N–H and O–H groups in total. The average molecular weight is 292 g/mol. The monoisotopic (exact) mass is 292 g/mol. The van der Waals surface area contributed by atoms with E-state index in [1.54, 1.807) is 23.1 Å². The molecule has 0 aliphatic heterocycles. The molecule has 4 heteroatoms. The minimum Gasteiger partial charge on any atom is -0.380 e. The molecule has 0 saturated carbocycles. The fraction of sp³-hybridized carbons (Fsp3) is 0.400. The van der Waals surface area contributed by atoms with Crippen molar-refractivity contribution in [2.24, 2.45) is 0 Å². The molecule has 0 spiro atoms. The summed E-state index contributed by atoms with van der Waals surface area (Å²) in [6.07, 6.45) is 4.08. The summed E-state index contributed by atoms with van der Waals surface area (Å²) in [7, 11) is 0. The molecule has 0 amide bonds. The number of aromatic nitrogens is 1. The second-order valence-electron chi connectivity index (χ2n) is 5.47. The van der Waals surface area contributed by atoms with Crippen LogP contribution >= 0.6 is 23.1 Å². The zero-order chi connectivity index (χ0) is 13.9. The number of thiazole rings is 1. The smallest absolute Gasteiger partial charge is 0.0981 e. The van der Waals surface area contributed by atoms with Gasteiger partial charge in [-0.05, 0) is 24.5 Å². The van der Waals surface area contributed by atoms with E-state index in [4.69, 9.17) is 0 Å². The van der Waals surface area contributed by atoms with Crippen molar-refractivity contribution in [2.45, 2.75) is 37.6 Å². The summed E-state index contributed by atoms with van der Waals surface area (Å²) in [5, 5.41) is 4.65. The van der Waals surface area contributed by atoms with Crippen LogP contribution in [0.2, 0.25) is 0 Å². The Morgan fingerprint density at radius 3 is 2.74 bits per heavy atom. The number of hydrogen-bond acceptors (Lipinski definition) is 4. The van der Waals surface area contributed by atoms with Crippen LogP contribution in [0.15, 0.2) is 35.4 Å². The van der Waals surface area contributed by atoms with Crippen LogP contribution < -0.4 is 5.32 Å². The lowest BCUT2D eigenvalue weighted by atomic mass is 9.98. The number of nitrogens with zero attached hydrogens (tertiary/aromatic N) is 1. The molecule has 1 heterocycles. The highest BCUT2D eigenvalue weighted by atomic mass is 32.2. The molecule has 0 saturated heterocycles.